The second-order valence-corrected chi connectivity index (χ2v) is 8.11. The molecule has 1 aliphatic heterocycles. The Kier molecular flexibility index (Phi) is 4.28. The van der Waals surface area contributed by atoms with Gasteiger partial charge in [-0.15, -0.1) is 4.80 Å². The molecule has 0 aliphatic carbocycles. The van der Waals surface area contributed by atoms with E-state index in [9.17, 15) is 8.78 Å². The van der Waals surface area contributed by atoms with Gasteiger partial charge in [0.15, 0.2) is 0 Å². The molecule has 9 heteroatoms. The van der Waals surface area contributed by atoms with Gasteiger partial charge in [-0.1, -0.05) is 17.7 Å². The first kappa shape index (κ1) is 19.0. The summed E-state index contributed by atoms with van der Waals surface area (Å²) in [5.41, 5.74) is 4.55. The molecule has 0 bridgehead atoms. The van der Waals surface area contributed by atoms with E-state index in [-0.39, 0.29) is 6.42 Å². The quantitative estimate of drug-likeness (QED) is 0.498. The maximum atomic E-state index is 14.6. The van der Waals surface area contributed by atoms with Gasteiger partial charge in [0.25, 0.3) is 5.92 Å². The number of aryl methyl sites for hydroxylation is 2. The molecule has 0 saturated carbocycles. The van der Waals surface area contributed by atoms with Crippen molar-refractivity contribution in [1.29, 1.82) is 0 Å². The Hall–Kier alpha value is -3.00. The van der Waals surface area contributed by atoms with Crippen molar-refractivity contribution in [2.24, 2.45) is 0 Å². The van der Waals surface area contributed by atoms with Crippen LogP contribution in [-0.2, 0) is 0 Å². The van der Waals surface area contributed by atoms with Gasteiger partial charge in [0.1, 0.15) is 11.5 Å². The summed E-state index contributed by atoms with van der Waals surface area (Å²) in [6, 6.07) is 8.63. The van der Waals surface area contributed by atoms with Gasteiger partial charge < -0.3 is 9.88 Å². The average molecular weight is 429 g/mol. The van der Waals surface area contributed by atoms with Crippen LogP contribution in [-0.4, -0.2) is 37.4 Å². The molecule has 154 valence electrons. The number of aromatic nitrogens is 5. The highest BCUT2D eigenvalue weighted by molar-refractivity contribution is 6.32. The maximum absolute atomic E-state index is 14.6. The molecule has 0 spiro atoms. The number of imidazole rings is 1. The Bertz CT molecular complexity index is 1230. The summed E-state index contributed by atoms with van der Waals surface area (Å²) in [4.78, 5) is 11.0. The van der Waals surface area contributed by atoms with Crippen molar-refractivity contribution < 1.29 is 8.78 Å². The molecule has 6 nitrogen and oxygen atoms in total. The number of H-pyrrole nitrogens is 1. The van der Waals surface area contributed by atoms with E-state index in [1.54, 1.807) is 23.4 Å². The van der Waals surface area contributed by atoms with Crippen LogP contribution in [0.4, 0.5) is 14.5 Å². The number of nitrogens with one attached hydrogen (secondary N) is 1. The Morgan fingerprint density at radius 2 is 1.87 bits per heavy atom. The van der Waals surface area contributed by atoms with Crippen molar-refractivity contribution in [2.75, 3.05) is 11.4 Å². The smallest absolute Gasteiger partial charge is 0.267 e. The number of hydrogen-bond acceptors (Lipinski definition) is 4. The first-order chi connectivity index (χ1) is 14.3. The lowest BCUT2D eigenvalue weighted by molar-refractivity contribution is 0.0220. The topological polar surface area (TPSA) is 62.6 Å². The summed E-state index contributed by atoms with van der Waals surface area (Å²) in [7, 11) is 0. The van der Waals surface area contributed by atoms with Gasteiger partial charge in [-0.25, -0.2) is 13.8 Å². The number of halogens is 3. The zero-order valence-corrected chi connectivity index (χ0v) is 17.2. The van der Waals surface area contributed by atoms with Crippen LogP contribution in [0.5, 0.6) is 0 Å². The van der Waals surface area contributed by atoms with E-state index >= 15 is 0 Å². The minimum atomic E-state index is -2.85. The molecular weight excluding hydrogens is 410 g/mol. The normalized spacial score (nSPS) is 18.4. The fourth-order valence-corrected chi connectivity index (χ4v) is 4.20. The van der Waals surface area contributed by atoms with E-state index in [2.05, 4.69) is 20.2 Å². The van der Waals surface area contributed by atoms with Gasteiger partial charge in [0.2, 0.25) is 0 Å². The predicted molar refractivity (Wildman–Crippen MR) is 112 cm³/mol. The number of alkyl halides is 2. The van der Waals surface area contributed by atoms with Crippen LogP contribution in [0.15, 0.2) is 42.7 Å². The second-order valence-electron chi connectivity index (χ2n) is 7.71. The Morgan fingerprint density at radius 1 is 1.10 bits per heavy atom. The third kappa shape index (κ3) is 3.11. The highest BCUT2D eigenvalue weighted by Crippen LogP contribution is 2.45. The van der Waals surface area contributed by atoms with Crippen molar-refractivity contribution in [3.63, 3.8) is 0 Å². The summed E-state index contributed by atoms with van der Waals surface area (Å²) >= 11 is 6.22. The van der Waals surface area contributed by atoms with Crippen LogP contribution < -0.4 is 4.90 Å². The number of fused-ring (bicyclic) bond motifs is 1. The molecule has 1 fully saturated rings. The fourth-order valence-electron chi connectivity index (χ4n) is 4.05. The summed E-state index contributed by atoms with van der Waals surface area (Å²) in [6.07, 6.45) is 2.79. The summed E-state index contributed by atoms with van der Waals surface area (Å²) < 4.78 is 29.3. The van der Waals surface area contributed by atoms with Gasteiger partial charge >= 0.3 is 0 Å². The number of benzene rings is 2. The number of rotatable bonds is 3. The van der Waals surface area contributed by atoms with Crippen LogP contribution in [0.3, 0.4) is 0 Å². The van der Waals surface area contributed by atoms with Crippen molar-refractivity contribution >= 4 is 28.3 Å². The van der Waals surface area contributed by atoms with Gasteiger partial charge in [-0.05, 0) is 49.2 Å². The number of aromatic amines is 1. The third-order valence-electron chi connectivity index (χ3n) is 5.52. The highest BCUT2D eigenvalue weighted by atomic mass is 35.5. The third-order valence-corrected chi connectivity index (χ3v) is 5.93. The highest BCUT2D eigenvalue weighted by Gasteiger charge is 2.47. The molecule has 0 radical (unpaired) electrons. The van der Waals surface area contributed by atoms with Gasteiger partial charge in [0.05, 0.1) is 41.7 Å². The largest absolute Gasteiger partial charge is 0.353 e. The molecular formula is C21H19ClF2N6. The summed E-state index contributed by atoms with van der Waals surface area (Å²) in [5.74, 6) is -2.36. The van der Waals surface area contributed by atoms with E-state index in [1.807, 2.05) is 38.1 Å². The molecule has 30 heavy (non-hydrogen) atoms. The zero-order valence-electron chi connectivity index (χ0n) is 16.4. The second kappa shape index (κ2) is 6.77. The molecule has 2 aromatic carbocycles. The van der Waals surface area contributed by atoms with E-state index in [0.717, 1.165) is 16.6 Å². The lowest BCUT2D eigenvalue weighted by Gasteiger charge is -2.27. The van der Waals surface area contributed by atoms with Crippen LogP contribution >= 0.6 is 11.6 Å². The number of anilines is 1. The predicted octanol–water partition coefficient (Wildman–Crippen LogP) is 5.00. The van der Waals surface area contributed by atoms with Crippen molar-refractivity contribution in [3.05, 3.63) is 64.7 Å². The Morgan fingerprint density at radius 3 is 2.63 bits per heavy atom. The van der Waals surface area contributed by atoms with E-state index < -0.39 is 18.5 Å². The minimum absolute atomic E-state index is 0.334. The standard InChI is InChI=1S/C21H19ClF2N6/c1-12-3-6-16(30-25-7-8-26-30)17(9-12)29-11-21(23,24)10-18(29)20-27-15-5-4-14(22)13(2)19(15)28-20/h3-9,18H,10-11H2,1-2H3,(H,27,28)/t18-/m0/s1. The van der Waals surface area contributed by atoms with Crippen LogP contribution in [0.1, 0.15) is 29.4 Å². The molecule has 4 aromatic rings. The van der Waals surface area contributed by atoms with Crippen LogP contribution in [0.25, 0.3) is 16.7 Å². The molecule has 1 N–H and O–H groups in total. The van der Waals surface area contributed by atoms with E-state index in [1.165, 1.54) is 4.80 Å². The molecule has 0 amide bonds. The monoisotopic (exact) mass is 428 g/mol. The lowest BCUT2D eigenvalue weighted by atomic mass is 10.1. The van der Waals surface area contributed by atoms with E-state index in [0.29, 0.717) is 27.7 Å². The zero-order chi connectivity index (χ0) is 21.0. The molecule has 5 rings (SSSR count). The van der Waals surface area contributed by atoms with Crippen LogP contribution in [0, 0.1) is 13.8 Å². The van der Waals surface area contributed by atoms with Crippen molar-refractivity contribution in [3.8, 4) is 5.69 Å². The summed E-state index contributed by atoms with van der Waals surface area (Å²) in [6.45, 7) is 3.39. The first-order valence-corrected chi connectivity index (χ1v) is 9.97. The molecule has 3 heterocycles. The number of hydrogen-bond donors (Lipinski definition) is 1. The lowest BCUT2D eigenvalue weighted by Crippen LogP contribution is -2.28. The Labute approximate surface area is 176 Å². The fraction of sp³-hybridized carbons (Fsp3) is 0.286. The summed E-state index contributed by atoms with van der Waals surface area (Å²) in [5, 5.41) is 8.98. The average Bonchev–Trinajstić information content (AvgIpc) is 3.43. The Balaban J connectivity index is 1.65. The molecule has 1 aliphatic rings. The maximum Gasteiger partial charge on any atom is 0.267 e. The molecule has 1 saturated heterocycles. The van der Waals surface area contributed by atoms with Crippen LogP contribution in [0.2, 0.25) is 5.02 Å². The van der Waals surface area contributed by atoms with E-state index in [4.69, 9.17) is 11.6 Å². The SMILES string of the molecule is Cc1ccc(-n2nccn2)c(N2CC(F)(F)C[C@H]2c2nc3c(C)c(Cl)ccc3[nH]2)c1. The first-order valence-electron chi connectivity index (χ1n) is 9.59. The van der Waals surface area contributed by atoms with Gasteiger partial charge in [-0.3, -0.25) is 0 Å². The molecule has 0 unspecified atom stereocenters. The molecule has 2 aromatic heterocycles. The molecule has 1 atom stereocenters. The van der Waals surface area contributed by atoms with Gasteiger partial charge in [0, 0.05) is 11.4 Å². The van der Waals surface area contributed by atoms with Gasteiger partial charge in [-0.2, -0.15) is 10.2 Å². The van der Waals surface area contributed by atoms with Crippen molar-refractivity contribution in [1.82, 2.24) is 25.0 Å². The minimum Gasteiger partial charge on any atom is -0.353 e. The van der Waals surface area contributed by atoms with Crippen molar-refractivity contribution in [2.45, 2.75) is 32.2 Å². The number of nitrogens with zero attached hydrogens (tertiary/aromatic N) is 5.